The summed E-state index contributed by atoms with van der Waals surface area (Å²) in [5.41, 5.74) is 6.61. The number of H-pyrrole nitrogens is 2. The molecule has 8 heteroatoms. The summed E-state index contributed by atoms with van der Waals surface area (Å²) in [4.78, 5) is 15.4. The zero-order valence-corrected chi connectivity index (χ0v) is 17.1. The highest BCUT2D eigenvalue weighted by atomic mass is 32.2. The smallest absolute Gasteiger partial charge is 0.294 e. The van der Waals surface area contributed by atoms with Crippen LogP contribution in [0.2, 0.25) is 0 Å². The van der Waals surface area contributed by atoms with Gasteiger partial charge in [-0.25, -0.2) is 9.97 Å². The summed E-state index contributed by atoms with van der Waals surface area (Å²) in [5.74, 6) is 1.41. The molecule has 2 aromatic heterocycles. The van der Waals surface area contributed by atoms with Gasteiger partial charge in [-0.2, -0.15) is 8.42 Å². The molecule has 0 saturated carbocycles. The van der Waals surface area contributed by atoms with Crippen molar-refractivity contribution in [3.8, 4) is 22.5 Å². The molecule has 5 rings (SSSR count). The quantitative estimate of drug-likeness (QED) is 0.370. The second kappa shape index (κ2) is 6.51. The van der Waals surface area contributed by atoms with Crippen LogP contribution in [0.4, 0.5) is 0 Å². The number of hydrogen-bond donors (Lipinski definition) is 3. The normalized spacial score (nSPS) is 12.1. The molecule has 0 aliphatic carbocycles. The van der Waals surface area contributed by atoms with E-state index in [0.717, 1.165) is 39.0 Å². The summed E-state index contributed by atoms with van der Waals surface area (Å²) >= 11 is 0. The van der Waals surface area contributed by atoms with Crippen molar-refractivity contribution in [2.24, 2.45) is 0 Å². The predicted octanol–water partition coefficient (Wildman–Crippen LogP) is 4.64. The molecular weight excluding hydrogens is 400 g/mol. The van der Waals surface area contributed by atoms with Gasteiger partial charge in [0.1, 0.15) is 11.6 Å². The third-order valence-electron chi connectivity index (χ3n) is 5.16. The minimum Gasteiger partial charge on any atom is -0.342 e. The van der Waals surface area contributed by atoms with Crippen molar-refractivity contribution in [1.29, 1.82) is 0 Å². The lowest BCUT2D eigenvalue weighted by atomic mass is 10.0. The van der Waals surface area contributed by atoms with Crippen molar-refractivity contribution in [3.05, 3.63) is 66.0 Å². The van der Waals surface area contributed by atoms with E-state index in [1.807, 2.05) is 37.3 Å². The molecule has 0 radical (unpaired) electrons. The van der Waals surface area contributed by atoms with E-state index in [1.165, 1.54) is 6.07 Å². The number of nitrogens with one attached hydrogen (secondary N) is 2. The number of nitrogens with zero attached hydrogens (tertiary/aromatic N) is 2. The van der Waals surface area contributed by atoms with Gasteiger partial charge in [-0.3, -0.25) is 4.55 Å². The Morgan fingerprint density at radius 1 is 0.767 bits per heavy atom. The van der Waals surface area contributed by atoms with Crippen molar-refractivity contribution in [1.82, 2.24) is 19.9 Å². The molecule has 5 aromatic rings. The van der Waals surface area contributed by atoms with E-state index in [4.69, 9.17) is 0 Å². The standard InChI is InChI=1S/C22H18N4O3S/c1-12-3-4-16(11-21(12)30(27,28)29)22-25-18-8-6-15(10-20(18)26-22)14-5-7-17-19(9-14)24-13(2)23-17/h3-11H,1-2H3,(H,23,24)(H,25,26)(H,27,28,29). The van der Waals surface area contributed by atoms with Gasteiger partial charge in [0.25, 0.3) is 10.1 Å². The molecule has 150 valence electrons. The molecule has 30 heavy (non-hydrogen) atoms. The molecule has 0 spiro atoms. The highest BCUT2D eigenvalue weighted by Gasteiger charge is 2.16. The summed E-state index contributed by atoms with van der Waals surface area (Å²) < 4.78 is 32.7. The largest absolute Gasteiger partial charge is 0.342 e. The van der Waals surface area contributed by atoms with Gasteiger partial charge in [0, 0.05) is 5.56 Å². The number of imidazole rings is 2. The Bertz CT molecular complexity index is 1550. The van der Waals surface area contributed by atoms with Gasteiger partial charge in [-0.1, -0.05) is 24.3 Å². The molecule has 3 aromatic carbocycles. The van der Waals surface area contributed by atoms with Gasteiger partial charge in [0.05, 0.1) is 27.0 Å². The maximum atomic E-state index is 11.6. The molecule has 0 atom stereocenters. The van der Waals surface area contributed by atoms with Gasteiger partial charge in [-0.05, 0) is 60.9 Å². The third-order valence-corrected chi connectivity index (χ3v) is 6.15. The average molecular weight is 418 g/mol. The monoisotopic (exact) mass is 418 g/mol. The van der Waals surface area contributed by atoms with Gasteiger partial charge < -0.3 is 9.97 Å². The molecule has 2 heterocycles. The molecule has 0 amide bonds. The molecule has 0 bridgehead atoms. The summed E-state index contributed by atoms with van der Waals surface area (Å²) in [6.45, 7) is 3.56. The molecule has 7 nitrogen and oxygen atoms in total. The zero-order valence-electron chi connectivity index (χ0n) is 16.3. The maximum absolute atomic E-state index is 11.6. The van der Waals surface area contributed by atoms with E-state index in [-0.39, 0.29) is 4.90 Å². The van der Waals surface area contributed by atoms with Crippen LogP contribution >= 0.6 is 0 Å². The number of fused-ring (bicyclic) bond motifs is 2. The summed E-state index contributed by atoms with van der Waals surface area (Å²) in [5, 5.41) is 0. The van der Waals surface area contributed by atoms with Crippen LogP contribution in [0.1, 0.15) is 11.4 Å². The lowest BCUT2D eigenvalue weighted by molar-refractivity contribution is 0.482. The molecule has 0 aliphatic rings. The summed E-state index contributed by atoms with van der Waals surface area (Å²) in [7, 11) is -4.30. The van der Waals surface area contributed by atoms with E-state index in [1.54, 1.807) is 19.1 Å². The lowest BCUT2D eigenvalue weighted by Gasteiger charge is -2.04. The Labute approximate surface area is 172 Å². The highest BCUT2D eigenvalue weighted by Crippen LogP contribution is 2.29. The zero-order chi connectivity index (χ0) is 21.0. The van der Waals surface area contributed by atoms with Crippen molar-refractivity contribution in [3.63, 3.8) is 0 Å². The van der Waals surface area contributed by atoms with Crippen LogP contribution in [-0.2, 0) is 10.1 Å². The van der Waals surface area contributed by atoms with Gasteiger partial charge in [0.15, 0.2) is 0 Å². The minimum absolute atomic E-state index is 0.121. The van der Waals surface area contributed by atoms with Crippen LogP contribution < -0.4 is 0 Å². The second-order valence-corrected chi connectivity index (χ2v) is 8.72. The maximum Gasteiger partial charge on any atom is 0.294 e. The Morgan fingerprint density at radius 3 is 2.30 bits per heavy atom. The number of aromatic nitrogens is 4. The Kier molecular flexibility index (Phi) is 4.02. The number of hydrogen-bond acceptors (Lipinski definition) is 4. The number of benzene rings is 3. The fourth-order valence-corrected chi connectivity index (χ4v) is 4.41. The fourth-order valence-electron chi connectivity index (χ4n) is 3.66. The second-order valence-electron chi connectivity index (χ2n) is 7.33. The molecule has 0 aliphatic heterocycles. The molecule has 0 fully saturated rings. The van der Waals surface area contributed by atoms with Crippen molar-refractivity contribution in [2.75, 3.05) is 0 Å². The fraction of sp³-hybridized carbons (Fsp3) is 0.0909. The third kappa shape index (κ3) is 3.16. The number of rotatable bonds is 3. The Balaban J connectivity index is 1.59. The van der Waals surface area contributed by atoms with Crippen LogP contribution in [-0.4, -0.2) is 32.9 Å². The molecule has 0 saturated heterocycles. The van der Waals surface area contributed by atoms with Crippen molar-refractivity contribution in [2.45, 2.75) is 18.7 Å². The van der Waals surface area contributed by atoms with Crippen LogP contribution in [0.5, 0.6) is 0 Å². The number of aryl methyl sites for hydroxylation is 2. The van der Waals surface area contributed by atoms with E-state index in [0.29, 0.717) is 17.0 Å². The first-order valence-electron chi connectivity index (χ1n) is 9.33. The van der Waals surface area contributed by atoms with Crippen molar-refractivity contribution >= 4 is 32.2 Å². The topological polar surface area (TPSA) is 112 Å². The first-order chi connectivity index (χ1) is 14.3. The predicted molar refractivity (Wildman–Crippen MR) is 116 cm³/mol. The van der Waals surface area contributed by atoms with Crippen LogP contribution in [0.15, 0.2) is 59.5 Å². The highest BCUT2D eigenvalue weighted by molar-refractivity contribution is 7.85. The lowest BCUT2D eigenvalue weighted by Crippen LogP contribution is -2.01. The average Bonchev–Trinajstić information content (AvgIpc) is 3.28. The van der Waals surface area contributed by atoms with Crippen molar-refractivity contribution < 1.29 is 13.0 Å². The van der Waals surface area contributed by atoms with Crippen LogP contribution in [0.25, 0.3) is 44.6 Å². The van der Waals surface area contributed by atoms with E-state index >= 15 is 0 Å². The first-order valence-corrected chi connectivity index (χ1v) is 10.8. The van der Waals surface area contributed by atoms with E-state index in [2.05, 4.69) is 26.0 Å². The van der Waals surface area contributed by atoms with Crippen LogP contribution in [0, 0.1) is 13.8 Å². The van der Waals surface area contributed by atoms with Crippen LogP contribution in [0.3, 0.4) is 0 Å². The molecule has 0 unspecified atom stereocenters. The van der Waals surface area contributed by atoms with Gasteiger partial charge in [0.2, 0.25) is 0 Å². The molecule has 3 N–H and O–H groups in total. The summed E-state index contributed by atoms with van der Waals surface area (Å²) in [6.07, 6.45) is 0. The number of aromatic amines is 2. The first kappa shape index (κ1) is 18.5. The molecular formula is C22H18N4O3S. The van der Waals surface area contributed by atoms with E-state index in [9.17, 15) is 13.0 Å². The minimum atomic E-state index is -4.30. The van der Waals surface area contributed by atoms with Gasteiger partial charge in [-0.15, -0.1) is 0 Å². The van der Waals surface area contributed by atoms with Gasteiger partial charge >= 0.3 is 0 Å². The Morgan fingerprint density at radius 2 is 1.50 bits per heavy atom. The SMILES string of the molecule is Cc1nc2ccc(-c3ccc4[nH]c(-c5ccc(C)c(S(=O)(=O)O)c5)nc4c3)cc2[nH]1. The Hall–Kier alpha value is -3.49. The van der Waals surface area contributed by atoms with E-state index < -0.39 is 10.1 Å². The summed E-state index contributed by atoms with van der Waals surface area (Å²) in [6, 6.07) is 16.9.